The summed E-state index contributed by atoms with van der Waals surface area (Å²) in [6, 6.07) is 0. The van der Waals surface area contributed by atoms with Crippen molar-refractivity contribution >= 4 is 12.1 Å². The molecule has 114 valence electrons. The molecular weight excluding hydrogens is 260 g/mol. The van der Waals surface area contributed by atoms with Crippen molar-refractivity contribution in [1.82, 2.24) is 10.2 Å². The molecule has 1 N–H and O–H groups in total. The molecule has 0 saturated carbocycles. The van der Waals surface area contributed by atoms with Crippen molar-refractivity contribution in [3.8, 4) is 0 Å². The Labute approximate surface area is 119 Å². The summed E-state index contributed by atoms with van der Waals surface area (Å²) in [4.78, 5) is 25.1. The largest absolute Gasteiger partial charge is 0.469 e. The maximum absolute atomic E-state index is 11.9. The number of methoxy groups -OCH3 is 1. The van der Waals surface area contributed by atoms with Crippen molar-refractivity contribution in [1.29, 1.82) is 0 Å². The van der Waals surface area contributed by atoms with Gasteiger partial charge in [0.15, 0.2) is 0 Å². The molecule has 2 saturated heterocycles. The second-order valence-corrected chi connectivity index (χ2v) is 6.76. The first-order valence-electron chi connectivity index (χ1n) is 7.05. The minimum Gasteiger partial charge on any atom is -0.469 e. The molecule has 20 heavy (non-hydrogen) atoms. The fraction of sp³-hybridized carbons (Fsp3) is 0.857. The lowest BCUT2D eigenvalue weighted by Gasteiger charge is -2.53. The predicted octanol–water partition coefficient (Wildman–Crippen LogP) is 1.15. The molecule has 0 aromatic carbocycles. The van der Waals surface area contributed by atoms with Crippen LogP contribution in [0.4, 0.5) is 4.79 Å². The lowest BCUT2D eigenvalue weighted by atomic mass is 9.79. The van der Waals surface area contributed by atoms with Gasteiger partial charge in [-0.2, -0.15) is 0 Å². The fourth-order valence-electron chi connectivity index (χ4n) is 2.76. The number of amides is 1. The van der Waals surface area contributed by atoms with Crippen LogP contribution < -0.4 is 5.32 Å². The Morgan fingerprint density at radius 2 is 1.95 bits per heavy atom. The number of hydrogen-bond donors (Lipinski definition) is 1. The molecule has 2 aliphatic rings. The Morgan fingerprint density at radius 1 is 1.30 bits per heavy atom. The monoisotopic (exact) mass is 284 g/mol. The van der Waals surface area contributed by atoms with Gasteiger partial charge in [-0.3, -0.25) is 4.79 Å². The lowest BCUT2D eigenvalue weighted by molar-refractivity contribution is -0.147. The third-order valence-corrected chi connectivity index (χ3v) is 3.87. The van der Waals surface area contributed by atoms with E-state index >= 15 is 0 Å². The van der Waals surface area contributed by atoms with Crippen molar-refractivity contribution < 1.29 is 19.1 Å². The number of ether oxygens (including phenoxy) is 2. The molecule has 0 radical (unpaired) electrons. The Morgan fingerprint density at radius 3 is 2.40 bits per heavy atom. The van der Waals surface area contributed by atoms with Gasteiger partial charge in [0, 0.05) is 19.6 Å². The molecule has 1 spiro atoms. The van der Waals surface area contributed by atoms with Crippen LogP contribution in [-0.4, -0.2) is 54.8 Å². The zero-order valence-electron chi connectivity index (χ0n) is 12.7. The molecule has 0 aliphatic carbocycles. The van der Waals surface area contributed by atoms with E-state index in [4.69, 9.17) is 9.47 Å². The summed E-state index contributed by atoms with van der Waals surface area (Å²) in [7, 11) is 1.42. The second-order valence-electron chi connectivity index (χ2n) is 6.76. The van der Waals surface area contributed by atoms with Gasteiger partial charge in [-0.15, -0.1) is 0 Å². The van der Waals surface area contributed by atoms with E-state index < -0.39 is 5.60 Å². The van der Waals surface area contributed by atoms with Crippen molar-refractivity contribution in [2.24, 2.45) is 5.92 Å². The van der Waals surface area contributed by atoms with E-state index in [-0.39, 0.29) is 23.5 Å². The molecule has 1 amide bonds. The highest BCUT2D eigenvalue weighted by Crippen LogP contribution is 2.32. The maximum atomic E-state index is 11.9. The molecule has 1 atom stereocenters. The highest BCUT2D eigenvalue weighted by Gasteiger charge is 2.48. The summed E-state index contributed by atoms with van der Waals surface area (Å²) in [5, 5.41) is 3.39. The summed E-state index contributed by atoms with van der Waals surface area (Å²) >= 11 is 0. The van der Waals surface area contributed by atoms with Gasteiger partial charge in [0.25, 0.3) is 0 Å². The molecule has 6 nitrogen and oxygen atoms in total. The molecule has 0 aromatic heterocycles. The number of carbonyl (C=O) groups is 2. The number of rotatable bonds is 1. The van der Waals surface area contributed by atoms with E-state index in [0.717, 1.165) is 12.8 Å². The van der Waals surface area contributed by atoms with Gasteiger partial charge in [0.1, 0.15) is 5.60 Å². The Balaban J connectivity index is 1.79. The average molecular weight is 284 g/mol. The van der Waals surface area contributed by atoms with Crippen molar-refractivity contribution in [3.05, 3.63) is 0 Å². The van der Waals surface area contributed by atoms with E-state index in [2.05, 4.69) is 5.32 Å². The van der Waals surface area contributed by atoms with Crippen molar-refractivity contribution in [3.63, 3.8) is 0 Å². The van der Waals surface area contributed by atoms with Crippen LogP contribution in [0.5, 0.6) is 0 Å². The van der Waals surface area contributed by atoms with Gasteiger partial charge in [0.05, 0.1) is 18.6 Å². The van der Waals surface area contributed by atoms with E-state index in [9.17, 15) is 9.59 Å². The molecule has 1 unspecified atom stereocenters. The Bertz CT molecular complexity index is 386. The summed E-state index contributed by atoms with van der Waals surface area (Å²) in [6.07, 6.45) is 1.42. The zero-order chi connectivity index (χ0) is 15.0. The van der Waals surface area contributed by atoms with Crippen LogP contribution in [0.25, 0.3) is 0 Å². The molecule has 0 aromatic rings. The molecular formula is C14H24N2O4. The molecule has 2 aliphatic heterocycles. The molecule has 6 heteroatoms. The quantitative estimate of drug-likeness (QED) is 0.732. The van der Waals surface area contributed by atoms with Crippen LogP contribution in [0.15, 0.2) is 0 Å². The van der Waals surface area contributed by atoms with E-state index in [0.29, 0.717) is 19.6 Å². The van der Waals surface area contributed by atoms with E-state index in [1.54, 1.807) is 4.90 Å². The second kappa shape index (κ2) is 5.24. The van der Waals surface area contributed by atoms with Crippen LogP contribution >= 0.6 is 0 Å². The highest BCUT2D eigenvalue weighted by atomic mass is 16.6. The SMILES string of the molecule is COC(=O)C1CCC2(CN(C(=O)OC(C)(C)C)C2)NC1. The molecule has 2 heterocycles. The van der Waals surface area contributed by atoms with Gasteiger partial charge in [0.2, 0.25) is 0 Å². The molecule has 2 fully saturated rings. The van der Waals surface area contributed by atoms with Crippen LogP contribution in [0, 0.1) is 5.92 Å². The van der Waals surface area contributed by atoms with Gasteiger partial charge in [-0.25, -0.2) is 4.79 Å². The third-order valence-electron chi connectivity index (χ3n) is 3.87. The molecule has 2 rings (SSSR count). The topological polar surface area (TPSA) is 67.9 Å². The minimum absolute atomic E-state index is 0.0403. The van der Waals surface area contributed by atoms with Crippen LogP contribution in [0.3, 0.4) is 0 Å². The smallest absolute Gasteiger partial charge is 0.410 e. The van der Waals surface area contributed by atoms with Gasteiger partial charge >= 0.3 is 12.1 Å². The first kappa shape index (κ1) is 15.1. The zero-order valence-corrected chi connectivity index (χ0v) is 12.7. The van der Waals surface area contributed by atoms with Gasteiger partial charge in [-0.1, -0.05) is 0 Å². The summed E-state index contributed by atoms with van der Waals surface area (Å²) in [5.74, 6) is -0.225. The average Bonchev–Trinajstić information content (AvgIpc) is 2.33. The third kappa shape index (κ3) is 3.23. The maximum Gasteiger partial charge on any atom is 0.410 e. The first-order chi connectivity index (χ1) is 9.25. The number of nitrogens with zero attached hydrogens (tertiary/aromatic N) is 1. The summed E-state index contributed by atoms with van der Waals surface area (Å²) in [5.41, 5.74) is -0.503. The minimum atomic E-state index is -0.462. The van der Waals surface area contributed by atoms with E-state index in [1.807, 2.05) is 20.8 Å². The number of esters is 1. The fourth-order valence-corrected chi connectivity index (χ4v) is 2.76. The summed E-state index contributed by atoms with van der Waals surface area (Å²) < 4.78 is 10.1. The van der Waals surface area contributed by atoms with Crippen molar-refractivity contribution in [2.45, 2.75) is 44.8 Å². The number of piperidine rings is 1. The number of likely N-dealkylation sites (tertiary alicyclic amines) is 1. The van der Waals surface area contributed by atoms with Crippen LogP contribution in [-0.2, 0) is 14.3 Å². The van der Waals surface area contributed by atoms with Gasteiger partial charge < -0.3 is 19.7 Å². The Kier molecular flexibility index (Phi) is 3.95. The lowest BCUT2D eigenvalue weighted by Crippen LogP contribution is -2.72. The first-order valence-corrected chi connectivity index (χ1v) is 7.05. The summed E-state index contributed by atoms with van der Waals surface area (Å²) in [6.45, 7) is 7.50. The highest BCUT2D eigenvalue weighted by molar-refractivity contribution is 5.73. The standard InChI is InChI=1S/C14H24N2O4/c1-13(2,3)20-12(18)16-8-14(9-16)6-5-10(7-15-14)11(17)19-4/h10,15H,5-9H2,1-4H3. The van der Waals surface area contributed by atoms with Gasteiger partial charge in [-0.05, 0) is 33.6 Å². The van der Waals surface area contributed by atoms with Crippen LogP contribution in [0.1, 0.15) is 33.6 Å². The number of nitrogens with one attached hydrogen (secondary N) is 1. The normalized spacial score (nSPS) is 25.0. The number of hydrogen-bond acceptors (Lipinski definition) is 5. The van der Waals surface area contributed by atoms with Crippen LogP contribution in [0.2, 0.25) is 0 Å². The van der Waals surface area contributed by atoms with E-state index in [1.165, 1.54) is 7.11 Å². The molecule has 0 bridgehead atoms. The Hall–Kier alpha value is -1.30. The van der Waals surface area contributed by atoms with Crippen molar-refractivity contribution in [2.75, 3.05) is 26.7 Å². The predicted molar refractivity (Wildman–Crippen MR) is 73.3 cm³/mol. The number of carbonyl (C=O) groups excluding carboxylic acids is 2.